The molecule has 3 aromatic heterocycles. The van der Waals surface area contributed by atoms with Gasteiger partial charge in [0.05, 0.1) is 35.7 Å². The van der Waals surface area contributed by atoms with Gasteiger partial charge in [0.1, 0.15) is 5.69 Å². The summed E-state index contributed by atoms with van der Waals surface area (Å²) in [5.41, 5.74) is 5.38. The van der Waals surface area contributed by atoms with Crippen LogP contribution in [-0.4, -0.2) is 48.7 Å². The number of carbonyl (C=O) groups is 2. The SMILES string of the molecule is CC(C)c1nn(-c2cccc3cc(-c4ccc(C(=O)O)nc4)ncc23)c2c1CC(=O)N(C)C2. The zero-order valence-corrected chi connectivity index (χ0v) is 18.6. The van der Waals surface area contributed by atoms with Gasteiger partial charge in [0.15, 0.2) is 0 Å². The van der Waals surface area contributed by atoms with E-state index < -0.39 is 5.97 Å². The molecule has 8 heteroatoms. The van der Waals surface area contributed by atoms with Gasteiger partial charge in [-0.3, -0.25) is 9.78 Å². The number of carboxylic acids is 1. The van der Waals surface area contributed by atoms with E-state index in [1.54, 1.807) is 11.0 Å². The van der Waals surface area contributed by atoms with Crippen molar-refractivity contribution in [2.45, 2.75) is 32.7 Å². The Morgan fingerprint density at radius 3 is 2.64 bits per heavy atom. The van der Waals surface area contributed by atoms with Crippen molar-refractivity contribution in [3.05, 3.63) is 71.4 Å². The topological polar surface area (TPSA) is 101 Å². The molecule has 0 atom stereocenters. The van der Waals surface area contributed by atoms with Crippen LogP contribution in [0.25, 0.3) is 27.7 Å². The van der Waals surface area contributed by atoms with Crippen molar-refractivity contribution < 1.29 is 14.7 Å². The lowest BCUT2D eigenvalue weighted by atomic mass is 9.98. The van der Waals surface area contributed by atoms with Crippen molar-refractivity contribution in [1.82, 2.24) is 24.6 Å². The zero-order valence-electron chi connectivity index (χ0n) is 18.6. The van der Waals surface area contributed by atoms with Crippen LogP contribution in [0.5, 0.6) is 0 Å². The van der Waals surface area contributed by atoms with Crippen LogP contribution in [0, 0.1) is 0 Å². The monoisotopic (exact) mass is 441 g/mol. The van der Waals surface area contributed by atoms with Gasteiger partial charge in [-0.2, -0.15) is 5.10 Å². The van der Waals surface area contributed by atoms with E-state index >= 15 is 0 Å². The molecule has 1 N–H and O–H groups in total. The van der Waals surface area contributed by atoms with E-state index in [9.17, 15) is 9.59 Å². The lowest BCUT2D eigenvalue weighted by Crippen LogP contribution is -2.33. The fourth-order valence-electron chi connectivity index (χ4n) is 4.29. The quantitative estimate of drug-likeness (QED) is 0.517. The number of rotatable bonds is 4. The Morgan fingerprint density at radius 2 is 1.94 bits per heavy atom. The maximum Gasteiger partial charge on any atom is 0.354 e. The van der Waals surface area contributed by atoms with Gasteiger partial charge in [-0.05, 0) is 35.6 Å². The Bertz CT molecular complexity index is 1410. The molecule has 0 saturated heterocycles. The molecule has 0 radical (unpaired) electrons. The van der Waals surface area contributed by atoms with Gasteiger partial charge in [-0.15, -0.1) is 0 Å². The Balaban J connectivity index is 1.63. The van der Waals surface area contributed by atoms with Crippen molar-refractivity contribution in [1.29, 1.82) is 0 Å². The third-order valence-corrected chi connectivity index (χ3v) is 6.06. The summed E-state index contributed by atoms with van der Waals surface area (Å²) < 4.78 is 1.96. The summed E-state index contributed by atoms with van der Waals surface area (Å²) in [6.45, 7) is 4.70. The third-order valence-electron chi connectivity index (χ3n) is 6.06. The van der Waals surface area contributed by atoms with Gasteiger partial charge in [0.25, 0.3) is 0 Å². The van der Waals surface area contributed by atoms with Crippen LogP contribution in [0.15, 0.2) is 48.8 Å². The van der Waals surface area contributed by atoms with Gasteiger partial charge in [-0.1, -0.05) is 26.0 Å². The second kappa shape index (κ2) is 7.81. The molecule has 5 rings (SSSR count). The van der Waals surface area contributed by atoms with E-state index in [-0.39, 0.29) is 17.5 Å². The minimum Gasteiger partial charge on any atom is -0.477 e. The smallest absolute Gasteiger partial charge is 0.354 e. The lowest BCUT2D eigenvalue weighted by molar-refractivity contribution is -0.130. The number of nitrogens with zero attached hydrogens (tertiary/aromatic N) is 5. The van der Waals surface area contributed by atoms with Crippen LogP contribution in [0.3, 0.4) is 0 Å². The maximum absolute atomic E-state index is 12.4. The van der Waals surface area contributed by atoms with E-state index in [1.165, 1.54) is 12.3 Å². The highest BCUT2D eigenvalue weighted by molar-refractivity contribution is 5.92. The molecule has 0 fully saturated rings. The normalized spacial score (nSPS) is 13.6. The third kappa shape index (κ3) is 3.53. The molecule has 1 aliphatic rings. The standard InChI is InChI=1S/C25H23N5O3/c1-14(2)24-17-10-23(31)29(3)13-22(17)30(28-24)21-6-4-5-15-9-20(27-12-18(15)21)16-7-8-19(25(32)33)26-11-16/h4-9,11-12,14H,10,13H2,1-3H3,(H,32,33). The van der Waals surface area contributed by atoms with E-state index in [4.69, 9.17) is 10.2 Å². The summed E-state index contributed by atoms with van der Waals surface area (Å²) in [7, 11) is 1.82. The van der Waals surface area contributed by atoms with Gasteiger partial charge >= 0.3 is 5.97 Å². The zero-order chi connectivity index (χ0) is 23.3. The van der Waals surface area contributed by atoms with Crippen molar-refractivity contribution >= 4 is 22.6 Å². The largest absolute Gasteiger partial charge is 0.477 e. The number of likely N-dealkylation sites (N-methyl/N-ethyl adjacent to an activating group) is 1. The number of aromatic carboxylic acids is 1. The molecule has 4 heterocycles. The molecule has 1 aliphatic heterocycles. The molecule has 4 aromatic rings. The first-order valence-electron chi connectivity index (χ1n) is 10.8. The molecular formula is C25H23N5O3. The fourth-order valence-corrected chi connectivity index (χ4v) is 4.29. The molecule has 166 valence electrons. The Kier molecular flexibility index (Phi) is 4.92. The highest BCUT2D eigenvalue weighted by Crippen LogP contribution is 2.32. The second-order valence-electron chi connectivity index (χ2n) is 8.61. The van der Waals surface area contributed by atoms with Gasteiger partial charge in [0.2, 0.25) is 5.91 Å². The lowest BCUT2D eigenvalue weighted by Gasteiger charge is -2.24. The van der Waals surface area contributed by atoms with Crippen LogP contribution in [0.4, 0.5) is 0 Å². The number of fused-ring (bicyclic) bond motifs is 2. The van der Waals surface area contributed by atoms with Crippen molar-refractivity contribution in [2.75, 3.05) is 7.05 Å². The van der Waals surface area contributed by atoms with Gasteiger partial charge in [0, 0.05) is 36.0 Å². The summed E-state index contributed by atoms with van der Waals surface area (Å²) in [5.74, 6) is -0.749. The first-order valence-corrected chi connectivity index (χ1v) is 10.8. The fraction of sp³-hybridized carbons (Fsp3) is 0.240. The average Bonchev–Trinajstić information content (AvgIpc) is 3.17. The number of benzene rings is 1. The minimum atomic E-state index is -1.06. The number of pyridine rings is 2. The molecule has 0 aliphatic carbocycles. The number of carbonyl (C=O) groups excluding carboxylic acids is 1. The second-order valence-corrected chi connectivity index (χ2v) is 8.61. The number of carboxylic acid groups (broad SMARTS) is 1. The van der Waals surface area contributed by atoms with Crippen LogP contribution in [-0.2, 0) is 17.8 Å². The minimum absolute atomic E-state index is 0.00492. The molecule has 0 bridgehead atoms. The molecule has 1 amide bonds. The molecular weight excluding hydrogens is 418 g/mol. The van der Waals surface area contributed by atoms with Crippen molar-refractivity contribution in [2.24, 2.45) is 0 Å². The van der Waals surface area contributed by atoms with Gasteiger partial charge in [-0.25, -0.2) is 14.5 Å². The van der Waals surface area contributed by atoms with Crippen LogP contribution in [0.1, 0.15) is 47.2 Å². The summed E-state index contributed by atoms with van der Waals surface area (Å²) in [4.78, 5) is 33.8. The first-order chi connectivity index (χ1) is 15.8. The van der Waals surface area contributed by atoms with Crippen LogP contribution >= 0.6 is 0 Å². The van der Waals surface area contributed by atoms with E-state index in [0.717, 1.165) is 39.0 Å². The predicted molar refractivity (Wildman–Crippen MR) is 123 cm³/mol. The number of hydrogen-bond acceptors (Lipinski definition) is 5. The molecule has 0 unspecified atom stereocenters. The Hall–Kier alpha value is -4.07. The number of hydrogen-bond donors (Lipinski definition) is 1. The molecule has 8 nitrogen and oxygen atoms in total. The number of aromatic nitrogens is 4. The maximum atomic E-state index is 12.4. The van der Waals surface area contributed by atoms with Crippen molar-refractivity contribution in [3.63, 3.8) is 0 Å². The first kappa shape index (κ1) is 20.8. The van der Waals surface area contributed by atoms with E-state index in [2.05, 4.69) is 23.8 Å². The highest BCUT2D eigenvalue weighted by atomic mass is 16.4. The molecule has 0 saturated carbocycles. The molecule has 33 heavy (non-hydrogen) atoms. The molecule has 1 aromatic carbocycles. The van der Waals surface area contributed by atoms with Crippen molar-refractivity contribution in [3.8, 4) is 16.9 Å². The van der Waals surface area contributed by atoms with E-state index in [0.29, 0.717) is 18.7 Å². The molecule has 0 spiro atoms. The average molecular weight is 441 g/mol. The summed E-state index contributed by atoms with van der Waals surface area (Å²) in [6, 6.07) is 11.2. The van der Waals surface area contributed by atoms with Crippen LogP contribution in [0.2, 0.25) is 0 Å². The highest BCUT2D eigenvalue weighted by Gasteiger charge is 2.29. The number of amides is 1. The Morgan fingerprint density at radius 1 is 1.12 bits per heavy atom. The predicted octanol–water partition coefficient (Wildman–Crippen LogP) is 3.82. The summed E-state index contributed by atoms with van der Waals surface area (Å²) >= 11 is 0. The van der Waals surface area contributed by atoms with Crippen LogP contribution < -0.4 is 0 Å². The van der Waals surface area contributed by atoms with Gasteiger partial charge < -0.3 is 10.0 Å². The Labute approximate surface area is 190 Å². The van der Waals surface area contributed by atoms with E-state index in [1.807, 2.05) is 42.2 Å². The summed E-state index contributed by atoms with van der Waals surface area (Å²) in [6.07, 6.45) is 3.70. The summed E-state index contributed by atoms with van der Waals surface area (Å²) in [5, 5.41) is 15.9.